The van der Waals surface area contributed by atoms with Crippen LogP contribution in [0.5, 0.6) is 6.01 Å². The maximum atomic E-state index is 15.0. The number of hydrogen-bond acceptors (Lipinski definition) is 7. The Kier molecular flexibility index (Phi) is 6.13. The van der Waals surface area contributed by atoms with E-state index in [4.69, 9.17) is 21.1 Å². The highest BCUT2D eigenvalue weighted by Gasteiger charge is 2.45. The number of rotatable bonds is 4. The molecule has 0 radical (unpaired) electrons. The van der Waals surface area contributed by atoms with E-state index < -0.39 is 11.4 Å². The van der Waals surface area contributed by atoms with Crippen LogP contribution in [0.1, 0.15) is 39.2 Å². The fourth-order valence-corrected chi connectivity index (χ4v) is 4.85. The molecule has 2 aliphatic rings. The first-order valence-electron chi connectivity index (χ1n) is 11.6. The highest BCUT2D eigenvalue weighted by atomic mass is 35.5. The number of benzene rings is 1. The van der Waals surface area contributed by atoms with Gasteiger partial charge in [-0.1, -0.05) is 41.9 Å². The van der Waals surface area contributed by atoms with Crippen LogP contribution in [0.15, 0.2) is 36.5 Å². The minimum atomic E-state index is -0.715. The molecule has 2 saturated heterocycles. The molecule has 8 nitrogen and oxygen atoms in total. The number of halogens is 2. The molecule has 0 N–H and O–H groups in total. The van der Waals surface area contributed by atoms with Gasteiger partial charge in [-0.25, -0.2) is 14.2 Å². The fraction of sp³-hybridized carbons (Fsp3) is 0.440. The number of amides is 1. The topological polar surface area (TPSA) is 80.7 Å². The first kappa shape index (κ1) is 23.5. The van der Waals surface area contributed by atoms with Gasteiger partial charge in [0.25, 0.3) is 0 Å². The second kappa shape index (κ2) is 9.11. The van der Waals surface area contributed by atoms with Crippen LogP contribution in [-0.4, -0.2) is 56.7 Å². The van der Waals surface area contributed by atoms with Gasteiger partial charge in [0.15, 0.2) is 11.0 Å². The molecule has 10 heteroatoms. The van der Waals surface area contributed by atoms with E-state index in [2.05, 4.69) is 19.9 Å². The molecule has 2 aromatic heterocycles. The molecule has 35 heavy (non-hydrogen) atoms. The van der Waals surface area contributed by atoms with Crippen molar-refractivity contribution in [2.75, 3.05) is 18.0 Å². The molecule has 3 aromatic rings. The van der Waals surface area contributed by atoms with E-state index >= 15 is 0 Å². The predicted molar refractivity (Wildman–Crippen MR) is 130 cm³/mol. The van der Waals surface area contributed by atoms with Crippen molar-refractivity contribution >= 4 is 34.4 Å². The van der Waals surface area contributed by atoms with Crippen molar-refractivity contribution in [2.45, 2.75) is 57.9 Å². The maximum Gasteiger partial charge on any atom is 0.410 e. The smallest absolute Gasteiger partial charge is 0.410 e. The van der Waals surface area contributed by atoms with E-state index in [-0.39, 0.29) is 41.5 Å². The molecule has 2 fully saturated rings. The number of hydrogen-bond donors (Lipinski definition) is 0. The molecule has 2 atom stereocenters. The second-order valence-corrected chi connectivity index (χ2v) is 10.3. The van der Waals surface area contributed by atoms with Gasteiger partial charge in [0.2, 0.25) is 0 Å². The van der Waals surface area contributed by atoms with Crippen molar-refractivity contribution in [1.29, 1.82) is 0 Å². The number of aromatic nitrogens is 3. The summed E-state index contributed by atoms with van der Waals surface area (Å²) in [5.41, 5.74) is 0.430. The Labute approximate surface area is 208 Å². The number of fused-ring (bicyclic) bond motifs is 3. The monoisotopic (exact) mass is 499 g/mol. The van der Waals surface area contributed by atoms with Crippen LogP contribution in [0.25, 0.3) is 10.9 Å². The molecule has 0 spiro atoms. The van der Waals surface area contributed by atoms with Crippen molar-refractivity contribution in [3.8, 4) is 6.01 Å². The highest BCUT2D eigenvalue weighted by molar-refractivity contribution is 6.30. The Morgan fingerprint density at radius 2 is 1.83 bits per heavy atom. The summed E-state index contributed by atoms with van der Waals surface area (Å²) in [5, 5.41) is 0.190. The summed E-state index contributed by atoms with van der Waals surface area (Å²) >= 11 is 5.96. The zero-order valence-electron chi connectivity index (χ0n) is 19.9. The lowest BCUT2D eigenvalue weighted by Crippen LogP contribution is -2.57. The standard InChI is InChI=1S/C25H27ClFN5O3/c1-25(2,3)35-24(33)32-16-9-10-17(32)13-31(12-16)22-18-11-28-21(26)19(27)20(18)29-23(30-22)34-14-15-7-5-4-6-8-15/h4-8,11,16-17H,9-10,12-14H2,1-3H3. The molecule has 2 bridgehead atoms. The molecule has 5 rings (SSSR count). The van der Waals surface area contributed by atoms with Crippen LogP contribution in [0.4, 0.5) is 15.0 Å². The molecular formula is C25H27ClFN5O3. The van der Waals surface area contributed by atoms with Crippen LogP contribution in [0, 0.1) is 5.82 Å². The Morgan fingerprint density at radius 1 is 1.14 bits per heavy atom. The quantitative estimate of drug-likeness (QED) is 0.468. The maximum absolute atomic E-state index is 15.0. The second-order valence-electron chi connectivity index (χ2n) is 9.91. The number of piperazine rings is 1. The summed E-state index contributed by atoms with van der Waals surface area (Å²) in [6.07, 6.45) is 2.90. The van der Waals surface area contributed by atoms with E-state index in [9.17, 15) is 9.18 Å². The first-order valence-corrected chi connectivity index (χ1v) is 12.0. The van der Waals surface area contributed by atoms with Crippen LogP contribution < -0.4 is 9.64 Å². The van der Waals surface area contributed by atoms with Gasteiger partial charge in [0, 0.05) is 19.3 Å². The Bertz CT molecular complexity index is 1240. The molecule has 0 aliphatic carbocycles. The van der Waals surface area contributed by atoms with E-state index in [0.717, 1.165) is 18.4 Å². The normalized spacial score (nSPS) is 19.8. The zero-order valence-corrected chi connectivity index (χ0v) is 20.6. The van der Waals surface area contributed by atoms with Crippen molar-refractivity contribution in [1.82, 2.24) is 19.9 Å². The lowest BCUT2D eigenvalue weighted by molar-refractivity contribution is 0.0123. The van der Waals surface area contributed by atoms with Gasteiger partial charge >= 0.3 is 12.1 Å². The molecule has 0 saturated carbocycles. The van der Waals surface area contributed by atoms with Crippen LogP contribution in [0.3, 0.4) is 0 Å². The minimum Gasteiger partial charge on any atom is -0.459 e. The van der Waals surface area contributed by atoms with E-state index in [1.54, 1.807) is 0 Å². The molecule has 1 amide bonds. The number of carbonyl (C=O) groups is 1. The Balaban J connectivity index is 1.46. The van der Waals surface area contributed by atoms with Gasteiger partial charge in [-0.2, -0.15) is 9.97 Å². The number of nitrogens with zero attached hydrogens (tertiary/aromatic N) is 5. The fourth-order valence-electron chi connectivity index (χ4n) is 4.72. The van der Waals surface area contributed by atoms with Gasteiger partial charge in [0.05, 0.1) is 17.5 Å². The van der Waals surface area contributed by atoms with Gasteiger partial charge < -0.3 is 14.4 Å². The molecular weight excluding hydrogens is 473 g/mol. The summed E-state index contributed by atoms with van der Waals surface area (Å²) in [7, 11) is 0. The predicted octanol–water partition coefficient (Wildman–Crippen LogP) is 4.98. The molecule has 4 heterocycles. The zero-order chi connectivity index (χ0) is 24.7. The van der Waals surface area contributed by atoms with Crippen LogP contribution in [-0.2, 0) is 11.3 Å². The van der Waals surface area contributed by atoms with Crippen LogP contribution >= 0.6 is 11.6 Å². The average Bonchev–Trinajstić information content (AvgIpc) is 3.09. The van der Waals surface area contributed by atoms with E-state index in [1.807, 2.05) is 56.0 Å². The van der Waals surface area contributed by atoms with E-state index in [0.29, 0.717) is 24.3 Å². The van der Waals surface area contributed by atoms with Crippen LogP contribution in [0.2, 0.25) is 5.15 Å². The van der Waals surface area contributed by atoms with E-state index in [1.165, 1.54) is 6.20 Å². The summed E-state index contributed by atoms with van der Waals surface area (Å²) in [5.74, 6) is -0.199. The molecule has 184 valence electrons. The summed E-state index contributed by atoms with van der Waals surface area (Å²) in [6, 6.07) is 9.59. The highest BCUT2D eigenvalue weighted by Crippen LogP contribution is 2.37. The summed E-state index contributed by atoms with van der Waals surface area (Å²) in [6.45, 7) is 6.89. The lowest BCUT2D eigenvalue weighted by atomic mass is 10.1. The van der Waals surface area contributed by atoms with Gasteiger partial charge in [-0.3, -0.25) is 4.90 Å². The van der Waals surface area contributed by atoms with Crippen molar-refractivity contribution in [2.24, 2.45) is 0 Å². The average molecular weight is 500 g/mol. The molecule has 2 unspecified atom stereocenters. The number of carbonyl (C=O) groups excluding carboxylic acids is 1. The minimum absolute atomic E-state index is 0.0348. The third-order valence-corrected chi connectivity index (χ3v) is 6.46. The Hall–Kier alpha value is -3.20. The first-order chi connectivity index (χ1) is 16.7. The molecule has 2 aliphatic heterocycles. The number of ether oxygens (including phenoxy) is 2. The summed E-state index contributed by atoms with van der Waals surface area (Å²) < 4.78 is 26.4. The third kappa shape index (κ3) is 4.82. The van der Waals surface area contributed by atoms with Crippen molar-refractivity contribution < 1.29 is 18.7 Å². The van der Waals surface area contributed by atoms with Gasteiger partial charge in [-0.05, 0) is 39.2 Å². The molecule has 1 aromatic carbocycles. The van der Waals surface area contributed by atoms with Gasteiger partial charge in [-0.15, -0.1) is 0 Å². The largest absolute Gasteiger partial charge is 0.459 e. The Morgan fingerprint density at radius 3 is 2.49 bits per heavy atom. The number of pyridine rings is 1. The number of anilines is 1. The van der Waals surface area contributed by atoms with Crippen molar-refractivity contribution in [3.63, 3.8) is 0 Å². The third-order valence-electron chi connectivity index (χ3n) is 6.20. The lowest BCUT2D eigenvalue weighted by Gasteiger charge is -2.42. The van der Waals surface area contributed by atoms with Crippen molar-refractivity contribution in [3.05, 3.63) is 53.1 Å². The SMILES string of the molecule is CC(C)(C)OC(=O)N1C2CCC1CN(c1nc(OCc3ccccc3)nc3c(F)c(Cl)ncc13)C2. The van der Waals surface area contributed by atoms with Gasteiger partial charge in [0.1, 0.15) is 23.5 Å². The summed E-state index contributed by atoms with van der Waals surface area (Å²) in [4.78, 5) is 29.7.